The quantitative estimate of drug-likeness (QED) is 0.907. The van der Waals surface area contributed by atoms with Crippen LogP contribution in [0.4, 0.5) is 5.69 Å². The lowest BCUT2D eigenvalue weighted by Gasteiger charge is -2.23. The summed E-state index contributed by atoms with van der Waals surface area (Å²) in [5.74, 6) is 0.223. The van der Waals surface area contributed by atoms with Crippen LogP contribution in [0.3, 0.4) is 0 Å². The molecule has 0 bridgehead atoms. The fourth-order valence-electron chi connectivity index (χ4n) is 2.10. The van der Waals surface area contributed by atoms with Gasteiger partial charge in [0.1, 0.15) is 0 Å². The summed E-state index contributed by atoms with van der Waals surface area (Å²) < 4.78 is 0. The van der Waals surface area contributed by atoms with E-state index in [4.69, 9.17) is 11.6 Å². The zero-order valence-corrected chi connectivity index (χ0v) is 12.5. The lowest BCUT2D eigenvalue weighted by molar-refractivity contribution is -0.122. The van der Waals surface area contributed by atoms with Crippen molar-refractivity contribution in [2.75, 3.05) is 18.0 Å². The Morgan fingerprint density at radius 1 is 1.40 bits per heavy atom. The van der Waals surface area contributed by atoms with Gasteiger partial charge in [-0.05, 0) is 37.5 Å². The number of hydrogen-bond acceptors (Lipinski definition) is 2. The monoisotopic (exact) mass is 294 g/mol. The molecule has 2 rings (SSSR count). The van der Waals surface area contributed by atoms with Gasteiger partial charge in [-0.15, -0.1) is 0 Å². The summed E-state index contributed by atoms with van der Waals surface area (Å²) in [6, 6.07) is 5.46. The third-order valence-corrected chi connectivity index (χ3v) is 3.66. The number of carbonyl (C=O) groups is 2. The van der Waals surface area contributed by atoms with Gasteiger partial charge in [0.2, 0.25) is 11.8 Å². The van der Waals surface area contributed by atoms with Crippen molar-refractivity contribution in [3.8, 4) is 0 Å². The molecule has 0 saturated heterocycles. The van der Waals surface area contributed by atoms with Crippen molar-refractivity contribution in [2.24, 2.45) is 5.92 Å². The molecule has 1 aromatic rings. The third-order valence-electron chi connectivity index (χ3n) is 3.42. The zero-order valence-electron chi connectivity index (χ0n) is 11.8. The maximum absolute atomic E-state index is 11.8. The van der Waals surface area contributed by atoms with Gasteiger partial charge in [0.15, 0.2) is 0 Å². The predicted molar refractivity (Wildman–Crippen MR) is 79.9 cm³/mol. The van der Waals surface area contributed by atoms with Gasteiger partial charge in [0.25, 0.3) is 0 Å². The highest BCUT2D eigenvalue weighted by Crippen LogP contribution is 2.28. The molecule has 0 unspecified atom stereocenters. The second kappa shape index (κ2) is 6.27. The summed E-state index contributed by atoms with van der Waals surface area (Å²) in [5, 5.41) is 3.46. The number of amides is 2. The average Bonchev–Trinajstić information content (AvgIpc) is 3.21. The van der Waals surface area contributed by atoms with E-state index in [2.05, 4.69) is 5.32 Å². The lowest BCUT2D eigenvalue weighted by atomic mass is 10.2. The van der Waals surface area contributed by atoms with E-state index < -0.39 is 0 Å². The van der Waals surface area contributed by atoms with Gasteiger partial charge in [-0.25, -0.2) is 0 Å². The second-order valence-corrected chi connectivity index (χ2v) is 5.60. The molecule has 5 heteroatoms. The molecule has 1 fully saturated rings. The largest absolute Gasteiger partial charge is 0.354 e. The maximum atomic E-state index is 11.8. The number of rotatable bonds is 5. The Balaban J connectivity index is 2.00. The molecule has 0 aliphatic heterocycles. The number of benzene rings is 1. The minimum absolute atomic E-state index is 0.0592. The normalized spacial score (nSPS) is 13.9. The summed E-state index contributed by atoms with van der Waals surface area (Å²) in [6.45, 7) is 4.36. The van der Waals surface area contributed by atoms with Crippen LogP contribution in [0.1, 0.15) is 25.3 Å². The first-order valence-corrected chi connectivity index (χ1v) is 7.19. The van der Waals surface area contributed by atoms with Crippen LogP contribution in [0.2, 0.25) is 5.02 Å². The topological polar surface area (TPSA) is 49.4 Å². The van der Waals surface area contributed by atoms with Crippen LogP contribution in [0.15, 0.2) is 18.2 Å². The molecule has 1 N–H and O–H groups in total. The first-order valence-electron chi connectivity index (χ1n) is 6.81. The van der Waals surface area contributed by atoms with Gasteiger partial charge in [0.05, 0.1) is 0 Å². The smallest absolute Gasteiger partial charge is 0.223 e. The van der Waals surface area contributed by atoms with Crippen LogP contribution < -0.4 is 10.2 Å². The summed E-state index contributed by atoms with van der Waals surface area (Å²) in [6.07, 6.45) is 1.96. The highest BCUT2D eigenvalue weighted by atomic mass is 35.5. The molecule has 0 spiro atoms. The van der Waals surface area contributed by atoms with Gasteiger partial charge >= 0.3 is 0 Å². The lowest BCUT2D eigenvalue weighted by Crippen LogP contribution is -2.38. The van der Waals surface area contributed by atoms with E-state index in [1.54, 1.807) is 17.0 Å². The van der Waals surface area contributed by atoms with E-state index in [1.165, 1.54) is 6.92 Å². The Hall–Kier alpha value is -1.55. The van der Waals surface area contributed by atoms with Gasteiger partial charge in [-0.3, -0.25) is 9.59 Å². The van der Waals surface area contributed by atoms with Crippen molar-refractivity contribution in [3.63, 3.8) is 0 Å². The highest BCUT2D eigenvalue weighted by Gasteiger charge is 2.29. The number of anilines is 1. The molecule has 1 aliphatic rings. The second-order valence-electron chi connectivity index (χ2n) is 5.17. The van der Waals surface area contributed by atoms with Crippen molar-refractivity contribution in [2.45, 2.75) is 26.7 Å². The molecule has 1 aliphatic carbocycles. The average molecular weight is 295 g/mol. The minimum Gasteiger partial charge on any atom is -0.354 e. The van der Waals surface area contributed by atoms with E-state index in [0.717, 1.165) is 24.1 Å². The summed E-state index contributed by atoms with van der Waals surface area (Å²) in [5.41, 5.74) is 1.78. The molecule has 4 nitrogen and oxygen atoms in total. The molecule has 2 amide bonds. The number of carbonyl (C=O) groups excluding carboxylic acids is 2. The predicted octanol–water partition coefficient (Wildman–Crippen LogP) is 2.53. The summed E-state index contributed by atoms with van der Waals surface area (Å²) >= 11 is 5.99. The summed E-state index contributed by atoms with van der Waals surface area (Å²) in [7, 11) is 0. The molecule has 0 heterocycles. The Morgan fingerprint density at radius 3 is 2.70 bits per heavy atom. The Labute approximate surface area is 124 Å². The number of nitrogens with one attached hydrogen (secondary N) is 1. The molecule has 1 saturated carbocycles. The number of halogens is 1. The Kier molecular flexibility index (Phi) is 4.65. The molecular formula is C15H19ClN2O2. The summed E-state index contributed by atoms with van der Waals surface area (Å²) in [4.78, 5) is 25.0. The standard InChI is InChI=1S/C15H19ClN2O2/c1-10-3-6-13(16)9-14(10)18(11(2)19)8-7-17-15(20)12-4-5-12/h3,6,9,12H,4-5,7-8H2,1-2H3,(H,17,20). The van der Waals surface area contributed by atoms with E-state index in [9.17, 15) is 9.59 Å². The van der Waals surface area contributed by atoms with Crippen LogP contribution in [-0.4, -0.2) is 24.9 Å². The van der Waals surface area contributed by atoms with Crippen molar-refractivity contribution < 1.29 is 9.59 Å². The van der Waals surface area contributed by atoms with Crippen LogP contribution in [0.5, 0.6) is 0 Å². The third kappa shape index (κ3) is 3.73. The number of aryl methyl sites for hydroxylation is 1. The fraction of sp³-hybridized carbons (Fsp3) is 0.467. The SMILES string of the molecule is CC(=O)N(CCNC(=O)C1CC1)c1cc(Cl)ccc1C. The van der Waals surface area contributed by atoms with E-state index in [-0.39, 0.29) is 17.7 Å². The minimum atomic E-state index is -0.0592. The van der Waals surface area contributed by atoms with E-state index >= 15 is 0 Å². The number of hydrogen-bond donors (Lipinski definition) is 1. The maximum Gasteiger partial charge on any atom is 0.223 e. The first kappa shape index (κ1) is 14.9. The van der Waals surface area contributed by atoms with Crippen molar-refractivity contribution in [1.82, 2.24) is 5.32 Å². The van der Waals surface area contributed by atoms with Gasteiger partial charge in [-0.2, -0.15) is 0 Å². The molecule has 0 radical (unpaired) electrons. The molecule has 0 aromatic heterocycles. The van der Waals surface area contributed by atoms with Crippen LogP contribution in [0, 0.1) is 12.8 Å². The Bertz CT molecular complexity index is 527. The Morgan fingerprint density at radius 2 is 2.10 bits per heavy atom. The molecule has 20 heavy (non-hydrogen) atoms. The van der Waals surface area contributed by atoms with Crippen molar-refractivity contribution in [1.29, 1.82) is 0 Å². The van der Waals surface area contributed by atoms with Gasteiger partial charge in [0, 0.05) is 36.6 Å². The highest BCUT2D eigenvalue weighted by molar-refractivity contribution is 6.31. The fourth-order valence-corrected chi connectivity index (χ4v) is 2.27. The van der Waals surface area contributed by atoms with Crippen LogP contribution >= 0.6 is 11.6 Å². The van der Waals surface area contributed by atoms with Crippen LogP contribution in [0.25, 0.3) is 0 Å². The first-order chi connectivity index (χ1) is 9.49. The van der Waals surface area contributed by atoms with Gasteiger partial charge in [-0.1, -0.05) is 17.7 Å². The zero-order chi connectivity index (χ0) is 14.7. The van der Waals surface area contributed by atoms with E-state index in [0.29, 0.717) is 18.1 Å². The van der Waals surface area contributed by atoms with Crippen LogP contribution in [-0.2, 0) is 9.59 Å². The molecular weight excluding hydrogens is 276 g/mol. The van der Waals surface area contributed by atoms with Crippen molar-refractivity contribution >= 4 is 29.1 Å². The number of nitrogens with zero attached hydrogens (tertiary/aromatic N) is 1. The van der Waals surface area contributed by atoms with E-state index in [1.807, 2.05) is 13.0 Å². The molecule has 1 aromatic carbocycles. The molecule has 108 valence electrons. The van der Waals surface area contributed by atoms with Crippen molar-refractivity contribution in [3.05, 3.63) is 28.8 Å². The molecule has 0 atom stereocenters. The van der Waals surface area contributed by atoms with Gasteiger partial charge < -0.3 is 10.2 Å².